The summed E-state index contributed by atoms with van der Waals surface area (Å²) in [5.41, 5.74) is 5.25. The van der Waals surface area contributed by atoms with E-state index in [1.165, 1.54) is 25.0 Å². The summed E-state index contributed by atoms with van der Waals surface area (Å²) in [6.07, 6.45) is 8.12. The largest absolute Gasteiger partial charge is 0.351 e. The van der Waals surface area contributed by atoms with Gasteiger partial charge in [-0.3, -0.25) is 0 Å². The van der Waals surface area contributed by atoms with E-state index in [4.69, 9.17) is 5.73 Å². The van der Waals surface area contributed by atoms with E-state index in [1.807, 2.05) is 11.8 Å². The molecule has 0 spiro atoms. The van der Waals surface area contributed by atoms with E-state index in [-0.39, 0.29) is 6.03 Å². The summed E-state index contributed by atoms with van der Waals surface area (Å²) < 4.78 is 0. The highest BCUT2D eigenvalue weighted by atomic mass is 32.2. The van der Waals surface area contributed by atoms with Crippen LogP contribution in [0.2, 0.25) is 0 Å². The molecule has 17 heavy (non-hydrogen) atoms. The Bertz CT molecular complexity index is 218. The fraction of sp³-hybridized carbons (Fsp3) is 0.917. The van der Waals surface area contributed by atoms with Crippen molar-refractivity contribution < 1.29 is 4.79 Å². The molecular weight excluding hydrogens is 234 g/mol. The van der Waals surface area contributed by atoms with Crippen molar-refractivity contribution in [2.45, 2.75) is 38.1 Å². The first kappa shape index (κ1) is 14.6. The quantitative estimate of drug-likeness (QED) is 0.684. The molecule has 0 unspecified atom stereocenters. The topological polar surface area (TPSA) is 58.4 Å². The zero-order valence-electron chi connectivity index (χ0n) is 10.8. The average molecular weight is 259 g/mol. The maximum Gasteiger partial charge on any atom is 0.314 e. The van der Waals surface area contributed by atoms with Crippen molar-refractivity contribution in [3.05, 3.63) is 0 Å². The molecule has 0 radical (unpaired) electrons. The fourth-order valence-electron chi connectivity index (χ4n) is 2.16. The number of primary amides is 1. The van der Waals surface area contributed by atoms with Crippen molar-refractivity contribution in [1.82, 2.24) is 10.2 Å². The number of nitrogens with two attached hydrogens (primary N) is 1. The van der Waals surface area contributed by atoms with Crippen LogP contribution in [-0.2, 0) is 0 Å². The molecular formula is C12H25N3OS. The maximum absolute atomic E-state index is 10.9. The molecule has 3 N–H and O–H groups in total. The number of nitrogens with zero attached hydrogens (tertiary/aromatic N) is 1. The summed E-state index contributed by atoms with van der Waals surface area (Å²) in [7, 11) is 0. The standard InChI is InChI=1S/C12H25N3OS/c1-17-10-4-2-3-7-14-11-5-8-15(9-6-11)12(13)16/h11,14H,2-10H2,1H3,(H2,13,16). The minimum absolute atomic E-state index is 0.277. The van der Waals surface area contributed by atoms with Crippen molar-refractivity contribution in [2.75, 3.05) is 31.6 Å². The molecule has 0 aliphatic carbocycles. The van der Waals surface area contributed by atoms with Crippen molar-refractivity contribution in [3.8, 4) is 0 Å². The van der Waals surface area contributed by atoms with E-state index >= 15 is 0 Å². The van der Waals surface area contributed by atoms with Crippen LogP contribution in [0.1, 0.15) is 32.1 Å². The van der Waals surface area contributed by atoms with E-state index in [2.05, 4.69) is 11.6 Å². The van der Waals surface area contributed by atoms with Crippen LogP contribution in [0.4, 0.5) is 4.79 Å². The van der Waals surface area contributed by atoms with Gasteiger partial charge in [-0.2, -0.15) is 11.8 Å². The summed E-state index contributed by atoms with van der Waals surface area (Å²) in [4.78, 5) is 12.7. The van der Waals surface area contributed by atoms with E-state index in [0.29, 0.717) is 6.04 Å². The Morgan fingerprint density at radius 3 is 2.65 bits per heavy atom. The Balaban J connectivity index is 1.97. The second-order valence-corrected chi connectivity index (χ2v) is 5.59. The number of hydrogen-bond acceptors (Lipinski definition) is 3. The number of carbonyl (C=O) groups excluding carboxylic acids is 1. The number of carbonyl (C=O) groups is 1. The number of likely N-dealkylation sites (tertiary alicyclic amines) is 1. The third-order valence-corrected chi connectivity index (χ3v) is 3.96. The first-order valence-electron chi connectivity index (χ1n) is 6.50. The van der Waals surface area contributed by atoms with Crippen molar-refractivity contribution in [3.63, 3.8) is 0 Å². The first-order chi connectivity index (χ1) is 8.24. The highest BCUT2D eigenvalue weighted by Crippen LogP contribution is 2.10. The molecule has 0 aromatic carbocycles. The van der Waals surface area contributed by atoms with Crippen LogP contribution < -0.4 is 11.1 Å². The summed E-state index contributed by atoms with van der Waals surface area (Å²) >= 11 is 1.92. The smallest absolute Gasteiger partial charge is 0.314 e. The molecule has 100 valence electrons. The lowest BCUT2D eigenvalue weighted by Crippen LogP contribution is -2.46. The molecule has 0 aromatic rings. The molecule has 2 amide bonds. The highest BCUT2D eigenvalue weighted by molar-refractivity contribution is 7.98. The number of thioether (sulfide) groups is 1. The Morgan fingerprint density at radius 2 is 2.06 bits per heavy atom. The van der Waals surface area contributed by atoms with Gasteiger partial charge in [0.25, 0.3) is 0 Å². The van der Waals surface area contributed by atoms with Crippen molar-refractivity contribution in [1.29, 1.82) is 0 Å². The van der Waals surface area contributed by atoms with Gasteiger partial charge < -0.3 is 16.0 Å². The highest BCUT2D eigenvalue weighted by Gasteiger charge is 2.20. The Hall–Kier alpha value is -0.420. The number of piperidine rings is 1. The van der Waals surface area contributed by atoms with Gasteiger partial charge in [0.15, 0.2) is 0 Å². The third kappa shape index (κ3) is 6.17. The molecule has 5 heteroatoms. The van der Waals surface area contributed by atoms with Gasteiger partial charge in [0, 0.05) is 19.1 Å². The predicted octanol–water partition coefficient (Wildman–Crippen LogP) is 1.65. The maximum atomic E-state index is 10.9. The van der Waals surface area contributed by atoms with E-state index in [0.717, 1.165) is 32.5 Å². The molecule has 0 aromatic heterocycles. The Labute approximate surface area is 109 Å². The van der Waals surface area contributed by atoms with Gasteiger partial charge in [0.1, 0.15) is 0 Å². The second-order valence-electron chi connectivity index (χ2n) is 4.61. The minimum Gasteiger partial charge on any atom is -0.351 e. The van der Waals surface area contributed by atoms with Crippen LogP contribution in [-0.4, -0.2) is 48.6 Å². The first-order valence-corrected chi connectivity index (χ1v) is 7.90. The van der Waals surface area contributed by atoms with Crippen LogP contribution in [0.5, 0.6) is 0 Å². The van der Waals surface area contributed by atoms with Crippen LogP contribution >= 0.6 is 11.8 Å². The van der Waals surface area contributed by atoms with Gasteiger partial charge in [-0.25, -0.2) is 4.79 Å². The van der Waals surface area contributed by atoms with E-state index in [1.54, 1.807) is 4.90 Å². The molecule has 1 saturated heterocycles. The van der Waals surface area contributed by atoms with Crippen molar-refractivity contribution in [2.24, 2.45) is 5.73 Å². The molecule has 1 heterocycles. The normalized spacial score (nSPS) is 17.4. The lowest BCUT2D eigenvalue weighted by Gasteiger charge is -2.31. The summed E-state index contributed by atoms with van der Waals surface area (Å²) in [6, 6.07) is 0.298. The number of nitrogens with one attached hydrogen (secondary N) is 1. The van der Waals surface area contributed by atoms with E-state index < -0.39 is 0 Å². The van der Waals surface area contributed by atoms with Crippen LogP contribution in [0.25, 0.3) is 0 Å². The van der Waals surface area contributed by atoms with Gasteiger partial charge in [-0.15, -0.1) is 0 Å². The molecule has 1 aliphatic rings. The predicted molar refractivity (Wildman–Crippen MR) is 74.4 cm³/mol. The monoisotopic (exact) mass is 259 g/mol. The molecule has 0 saturated carbocycles. The summed E-state index contributed by atoms with van der Waals surface area (Å²) in [5, 5.41) is 3.57. The number of hydrogen-bond donors (Lipinski definition) is 2. The van der Waals surface area contributed by atoms with Gasteiger partial charge in [0.2, 0.25) is 0 Å². The van der Waals surface area contributed by atoms with Crippen LogP contribution in [0.15, 0.2) is 0 Å². The average Bonchev–Trinajstić information content (AvgIpc) is 2.34. The van der Waals surface area contributed by atoms with E-state index in [9.17, 15) is 4.79 Å². The summed E-state index contributed by atoms with van der Waals surface area (Å²) in [5.74, 6) is 1.27. The molecule has 4 nitrogen and oxygen atoms in total. The summed E-state index contributed by atoms with van der Waals surface area (Å²) in [6.45, 7) is 2.72. The van der Waals surface area contributed by atoms with Gasteiger partial charge in [-0.1, -0.05) is 6.42 Å². The third-order valence-electron chi connectivity index (χ3n) is 3.26. The van der Waals surface area contributed by atoms with Gasteiger partial charge in [-0.05, 0) is 44.2 Å². The second kappa shape index (κ2) is 8.64. The van der Waals surface area contributed by atoms with Gasteiger partial charge >= 0.3 is 6.03 Å². The fourth-order valence-corrected chi connectivity index (χ4v) is 2.65. The number of urea groups is 1. The Morgan fingerprint density at radius 1 is 1.35 bits per heavy atom. The van der Waals surface area contributed by atoms with Crippen LogP contribution in [0, 0.1) is 0 Å². The molecule has 1 fully saturated rings. The molecule has 1 aliphatic heterocycles. The number of unbranched alkanes of at least 4 members (excludes halogenated alkanes) is 2. The lowest BCUT2D eigenvalue weighted by atomic mass is 10.1. The zero-order chi connectivity index (χ0) is 12.5. The SMILES string of the molecule is CSCCCCCNC1CCN(C(N)=O)CC1. The molecule has 0 bridgehead atoms. The van der Waals surface area contributed by atoms with Gasteiger partial charge in [0.05, 0.1) is 0 Å². The number of amides is 2. The molecule has 1 rings (SSSR count). The minimum atomic E-state index is -0.277. The number of rotatable bonds is 7. The Kier molecular flexibility index (Phi) is 7.44. The lowest BCUT2D eigenvalue weighted by molar-refractivity contribution is 0.185. The van der Waals surface area contributed by atoms with Crippen molar-refractivity contribution >= 4 is 17.8 Å². The zero-order valence-corrected chi connectivity index (χ0v) is 11.6. The molecule has 0 atom stereocenters. The van der Waals surface area contributed by atoms with Crippen LogP contribution in [0.3, 0.4) is 0 Å².